The molecular weight excluding hydrogens is 275 g/mol. The van der Waals surface area contributed by atoms with Crippen LogP contribution in [0.4, 0.5) is 10.2 Å². The van der Waals surface area contributed by atoms with Crippen molar-refractivity contribution in [3.05, 3.63) is 58.5 Å². The molecule has 1 aromatic heterocycles. The minimum Gasteiger partial charge on any atom is -0.363 e. The number of halogens is 2. The number of benzene rings is 1. The van der Waals surface area contributed by atoms with E-state index in [-0.39, 0.29) is 11.5 Å². The Kier molecular flexibility index (Phi) is 3.17. The van der Waals surface area contributed by atoms with Gasteiger partial charge in [-0.25, -0.2) is 4.98 Å². The maximum Gasteiger partial charge on any atom is 0.214 e. The molecule has 0 saturated carbocycles. The average molecular weight is 291 g/mol. The summed E-state index contributed by atoms with van der Waals surface area (Å²) in [5, 5.41) is 4.07. The predicted octanol–water partition coefficient (Wildman–Crippen LogP) is 4.61. The molecule has 4 heteroatoms. The van der Waals surface area contributed by atoms with Crippen LogP contribution in [0.15, 0.2) is 36.4 Å². The first-order valence-electron chi connectivity index (χ1n) is 6.63. The molecule has 0 amide bonds. The highest BCUT2D eigenvalue weighted by Crippen LogP contribution is 2.47. The van der Waals surface area contributed by atoms with E-state index in [0.29, 0.717) is 5.82 Å². The van der Waals surface area contributed by atoms with Gasteiger partial charge < -0.3 is 5.32 Å². The lowest BCUT2D eigenvalue weighted by Crippen LogP contribution is -2.25. The van der Waals surface area contributed by atoms with Gasteiger partial charge >= 0.3 is 0 Å². The molecule has 1 heterocycles. The van der Waals surface area contributed by atoms with Crippen molar-refractivity contribution < 1.29 is 4.39 Å². The van der Waals surface area contributed by atoms with Crippen LogP contribution >= 0.6 is 11.6 Å². The summed E-state index contributed by atoms with van der Waals surface area (Å²) in [6.45, 7) is 4.38. The molecule has 0 aliphatic heterocycles. The van der Waals surface area contributed by atoms with E-state index in [1.165, 1.54) is 17.2 Å². The monoisotopic (exact) mass is 290 g/mol. The van der Waals surface area contributed by atoms with E-state index in [1.807, 2.05) is 12.1 Å². The van der Waals surface area contributed by atoms with Gasteiger partial charge in [0.1, 0.15) is 5.82 Å². The molecule has 1 aromatic carbocycles. The van der Waals surface area contributed by atoms with E-state index in [0.717, 1.165) is 11.4 Å². The fraction of sp³-hybridized carbons (Fsp3) is 0.312. The molecule has 2 nitrogen and oxygen atoms in total. The lowest BCUT2D eigenvalue weighted by atomic mass is 9.85. The van der Waals surface area contributed by atoms with Crippen LogP contribution in [0.25, 0.3) is 0 Å². The number of pyridine rings is 1. The molecule has 1 aliphatic rings. The van der Waals surface area contributed by atoms with Crippen molar-refractivity contribution in [3.8, 4) is 0 Å². The van der Waals surface area contributed by atoms with Gasteiger partial charge in [0, 0.05) is 5.02 Å². The van der Waals surface area contributed by atoms with E-state index in [1.54, 1.807) is 12.1 Å². The SMILES string of the molecule is CC1(C)Cc2ccc(Cl)cc2C1Nc1cccc(F)n1. The van der Waals surface area contributed by atoms with Crippen molar-refractivity contribution in [1.82, 2.24) is 4.98 Å². The minimum atomic E-state index is -0.475. The van der Waals surface area contributed by atoms with Crippen LogP contribution in [0.1, 0.15) is 31.0 Å². The Morgan fingerprint density at radius 2 is 2.10 bits per heavy atom. The van der Waals surface area contributed by atoms with Crippen molar-refractivity contribution in [2.75, 3.05) is 5.32 Å². The third kappa shape index (κ3) is 2.38. The van der Waals surface area contributed by atoms with Crippen molar-refractivity contribution in [3.63, 3.8) is 0 Å². The van der Waals surface area contributed by atoms with Gasteiger partial charge in [0.2, 0.25) is 5.95 Å². The third-order valence-corrected chi connectivity index (χ3v) is 4.09. The van der Waals surface area contributed by atoms with Crippen LogP contribution in [0.5, 0.6) is 0 Å². The summed E-state index contributed by atoms with van der Waals surface area (Å²) in [5.74, 6) is 0.0769. The predicted molar refractivity (Wildman–Crippen MR) is 79.5 cm³/mol. The van der Waals surface area contributed by atoms with Gasteiger partial charge in [0.15, 0.2) is 0 Å². The van der Waals surface area contributed by atoms with Crippen LogP contribution < -0.4 is 5.32 Å². The summed E-state index contributed by atoms with van der Waals surface area (Å²) in [6, 6.07) is 10.8. The molecule has 1 aliphatic carbocycles. The van der Waals surface area contributed by atoms with E-state index < -0.39 is 5.95 Å². The van der Waals surface area contributed by atoms with E-state index in [2.05, 4.69) is 30.2 Å². The summed E-state index contributed by atoms with van der Waals surface area (Å²) < 4.78 is 13.2. The number of nitrogens with zero attached hydrogens (tertiary/aromatic N) is 1. The number of nitrogens with one attached hydrogen (secondary N) is 1. The molecule has 0 fully saturated rings. The molecule has 0 spiro atoms. The van der Waals surface area contributed by atoms with E-state index in [9.17, 15) is 4.39 Å². The maximum absolute atomic E-state index is 13.2. The van der Waals surface area contributed by atoms with Gasteiger partial charge in [0.05, 0.1) is 6.04 Å². The first-order chi connectivity index (χ1) is 9.45. The van der Waals surface area contributed by atoms with Crippen LogP contribution in [0.2, 0.25) is 5.02 Å². The molecule has 1 unspecified atom stereocenters. The van der Waals surface area contributed by atoms with Crippen molar-refractivity contribution in [1.29, 1.82) is 0 Å². The number of fused-ring (bicyclic) bond motifs is 1. The Labute approximate surface area is 123 Å². The summed E-state index contributed by atoms with van der Waals surface area (Å²) in [7, 11) is 0. The molecule has 1 N–H and O–H groups in total. The van der Waals surface area contributed by atoms with Gasteiger partial charge in [-0.3, -0.25) is 0 Å². The molecule has 0 saturated heterocycles. The highest BCUT2D eigenvalue weighted by Gasteiger charge is 2.39. The average Bonchev–Trinajstić information content (AvgIpc) is 2.61. The van der Waals surface area contributed by atoms with Crippen LogP contribution in [-0.2, 0) is 6.42 Å². The van der Waals surface area contributed by atoms with Gasteiger partial charge in [-0.2, -0.15) is 4.39 Å². The van der Waals surface area contributed by atoms with Gasteiger partial charge in [0.25, 0.3) is 0 Å². The molecular formula is C16H16ClFN2. The van der Waals surface area contributed by atoms with Crippen LogP contribution in [-0.4, -0.2) is 4.98 Å². The second-order valence-electron chi connectivity index (χ2n) is 5.93. The van der Waals surface area contributed by atoms with Gasteiger partial charge in [-0.05, 0) is 47.2 Å². The Balaban J connectivity index is 1.98. The second kappa shape index (κ2) is 4.74. The standard InChI is InChI=1S/C16H16ClFN2/c1-16(2)9-10-6-7-11(17)8-12(10)15(16)20-14-5-3-4-13(18)19-14/h3-8,15H,9H2,1-2H3,(H,19,20). The van der Waals surface area contributed by atoms with E-state index >= 15 is 0 Å². The largest absolute Gasteiger partial charge is 0.363 e. The Morgan fingerprint density at radius 1 is 1.30 bits per heavy atom. The first kappa shape index (κ1) is 13.4. The van der Waals surface area contributed by atoms with Crippen molar-refractivity contribution in [2.24, 2.45) is 5.41 Å². The maximum atomic E-state index is 13.2. The van der Waals surface area contributed by atoms with Crippen molar-refractivity contribution in [2.45, 2.75) is 26.3 Å². The minimum absolute atomic E-state index is 0.0288. The number of anilines is 1. The zero-order chi connectivity index (χ0) is 14.3. The summed E-state index contributed by atoms with van der Waals surface area (Å²) in [6.07, 6.45) is 0.965. The fourth-order valence-electron chi connectivity index (χ4n) is 2.92. The van der Waals surface area contributed by atoms with Gasteiger partial charge in [-0.15, -0.1) is 0 Å². The van der Waals surface area contributed by atoms with Crippen LogP contribution in [0, 0.1) is 11.4 Å². The number of aromatic nitrogens is 1. The van der Waals surface area contributed by atoms with Crippen molar-refractivity contribution >= 4 is 17.4 Å². The topological polar surface area (TPSA) is 24.9 Å². The lowest BCUT2D eigenvalue weighted by Gasteiger charge is -2.29. The summed E-state index contributed by atoms with van der Waals surface area (Å²) >= 11 is 6.11. The fourth-order valence-corrected chi connectivity index (χ4v) is 3.10. The Morgan fingerprint density at radius 3 is 2.85 bits per heavy atom. The summed E-state index contributed by atoms with van der Waals surface area (Å²) in [5.41, 5.74) is 2.49. The van der Waals surface area contributed by atoms with Gasteiger partial charge in [-0.1, -0.05) is 37.6 Å². The highest BCUT2D eigenvalue weighted by atomic mass is 35.5. The Bertz CT molecular complexity index is 655. The normalized spacial score (nSPS) is 19.7. The first-order valence-corrected chi connectivity index (χ1v) is 7.01. The Hall–Kier alpha value is -1.61. The highest BCUT2D eigenvalue weighted by molar-refractivity contribution is 6.30. The number of rotatable bonds is 2. The molecule has 20 heavy (non-hydrogen) atoms. The molecule has 2 aromatic rings. The quantitative estimate of drug-likeness (QED) is 0.817. The molecule has 104 valence electrons. The number of hydrogen-bond donors (Lipinski definition) is 1. The molecule has 0 radical (unpaired) electrons. The lowest BCUT2D eigenvalue weighted by molar-refractivity contribution is 0.336. The molecule has 3 rings (SSSR count). The number of hydrogen-bond acceptors (Lipinski definition) is 2. The third-order valence-electron chi connectivity index (χ3n) is 3.85. The summed E-state index contributed by atoms with van der Waals surface area (Å²) in [4.78, 5) is 3.89. The van der Waals surface area contributed by atoms with E-state index in [4.69, 9.17) is 11.6 Å². The zero-order valence-corrected chi connectivity index (χ0v) is 12.2. The molecule has 1 atom stereocenters. The zero-order valence-electron chi connectivity index (χ0n) is 11.5. The van der Waals surface area contributed by atoms with Crippen LogP contribution in [0.3, 0.4) is 0 Å². The second-order valence-corrected chi connectivity index (χ2v) is 6.37. The molecule has 0 bridgehead atoms. The smallest absolute Gasteiger partial charge is 0.214 e.